The number of fused-ring (bicyclic) bond motifs is 1. The van der Waals surface area contributed by atoms with Crippen LogP contribution in [0.1, 0.15) is 109 Å². The molecule has 1 aromatic heterocycles. The highest BCUT2D eigenvalue weighted by atomic mass is 16.6. The van der Waals surface area contributed by atoms with Crippen molar-refractivity contribution in [3.05, 3.63) is 65.9 Å². The van der Waals surface area contributed by atoms with Crippen LogP contribution >= 0.6 is 0 Å². The Balaban J connectivity index is 1.92. The van der Waals surface area contributed by atoms with Gasteiger partial charge in [0.25, 0.3) is 0 Å². The maximum Gasteiger partial charge on any atom is 0.407 e. The summed E-state index contributed by atoms with van der Waals surface area (Å²) in [5.41, 5.74) is 12.2. The van der Waals surface area contributed by atoms with Crippen LogP contribution in [0.2, 0.25) is 0 Å². The molecule has 0 radical (unpaired) electrons. The number of nitrogens with two attached hydrogens (primary N) is 2. The molecule has 15 amide bonds. The summed E-state index contributed by atoms with van der Waals surface area (Å²) < 4.78 is 10.7. The van der Waals surface area contributed by atoms with Gasteiger partial charge in [-0.25, -0.2) is 9.59 Å². The molecule has 0 spiro atoms. The van der Waals surface area contributed by atoms with E-state index in [9.17, 15) is 126 Å². The van der Waals surface area contributed by atoms with Gasteiger partial charge < -0.3 is 126 Å². The fourth-order valence-corrected chi connectivity index (χ4v) is 10.9. The SMILES string of the molecule is CC(=O)N[C@@H](Cc1c[nH]c2ccccc12)C(=O)N[C@H](CC(N)=O)C(=O)N[C@@H](CC(=O)O)C(=O)N[C@@H]1C(=O)NCC(=O)N[C@@H](CCCNC(=O)OC(C)C)C(=O)N[C@@H](CC(=O)O)C(=O)N[C@H](C)C(=O)N[C@@H](CC(=O)O)C(=O)NCC(=O)N[C@H](CO)C(=O)N[C@@H]([C@@H](C)CC(=O)O)C(=O)N[C@@H](CC(=O)c2ccccc2N)C(=O)O[C@@H]1C. The van der Waals surface area contributed by atoms with Crippen molar-refractivity contribution >= 4 is 141 Å². The van der Waals surface area contributed by atoms with E-state index in [4.69, 9.17) is 20.9 Å². The van der Waals surface area contributed by atoms with E-state index in [0.29, 0.717) is 16.5 Å². The number of hydrogen-bond acceptors (Lipinski definition) is 25. The molecule has 0 unspecified atom stereocenters. The van der Waals surface area contributed by atoms with Crippen molar-refractivity contribution < 1.29 is 136 Å². The predicted octanol–water partition coefficient (Wildman–Crippen LogP) is -7.57. The molecule has 13 atom stereocenters. The number of cyclic esters (lactones) is 1. The molecule has 0 bridgehead atoms. The molecule has 0 aliphatic carbocycles. The highest BCUT2D eigenvalue weighted by molar-refractivity contribution is 6.05. The molecule has 616 valence electrons. The minimum Gasteiger partial charge on any atom is -0.481 e. The van der Waals surface area contributed by atoms with E-state index in [1.54, 1.807) is 24.3 Å². The molecule has 1 aliphatic rings. The highest BCUT2D eigenvalue weighted by Gasteiger charge is 2.41. The smallest absolute Gasteiger partial charge is 0.407 e. The first kappa shape index (κ1) is 92.0. The number of aliphatic hydroxyl groups excluding tert-OH is 1. The fraction of sp³-hybridized carbons (Fsp3) is 0.485. The number of anilines is 1. The lowest BCUT2D eigenvalue weighted by molar-refractivity contribution is -0.156. The number of benzene rings is 2. The van der Waals surface area contributed by atoms with Gasteiger partial charge in [-0.15, -0.1) is 0 Å². The Bertz CT molecular complexity index is 4090. The zero-order chi connectivity index (χ0) is 84.7. The van der Waals surface area contributed by atoms with Crippen molar-refractivity contribution in [1.82, 2.24) is 79.4 Å². The Kier molecular flexibility index (Phi) is 36.1. The highest BCUT2D eigenvalue weighted by Crippen LogP contribution is 2.21. The van der Waals surface area contributed by atoms with Crippen LogP contribution in [0, 0.1) is 5.92 Å². The van der Waals surface area contributed by atoms with Gasteiger partial charge >= 0.3 is 35.9 Å². The number of carboxylic acids is 4. The number of nitrogens with one attached hydrogen (secondary N) is 15. The van der Waals surface area contributed by atoms with E-state index in [-0.39, 0.29) is 30.6 Å². The van der Waals surface area contributed by atoms with Crippen LogP contribution in [-0.4, -0.2) is 260 Å². The quantitative estimate of drug-likeness (QED) is 0.0133. The van der Waals surface area contributed by atoms with Crippen molar-refractivity contribution in [3.8, 4) is 0 Å². The van der Waals surface area contributed by atoms with Gasteiger partial charge in [0.1, 0.15) is 72.6 Å². The normalized spacial score (nSPS) is 21.3. The molecule has 45 nitrogen and oxygen atoms in total. The lowest BCUT2D eigenvalue weighted by Gasteiger charge is -2.30. The van der Waals surface area contributed by atoms with E-state index < -0.39 is 274 Å². The van der Waals surface area contributed by atoms with Gasteiger partial charge in [0.05, 0.1) is 57.9 Å². The number of alkyl carbamates (subject to hydrolysis) is 1. The number of hydrogen-bond donors (Lipinski definition) is 22. The van der Waals surface area contributed by atoms with Crippen LogP contribution in [0.25, 0.3) is 10.9 Å². The molecule has 45 heteroatoms. The second-order valence-corrected chi connectivity index (χ2v) is 26.1. The maximum absolute atomic E-state index is 14.8. The van der Waals surface area contributed by atoms with Crippen LogP contribution in [0.3, 0.4) is 0 Å². The second-order valence-electron chi connectivity index (χ2n) is 26.1. The summed E-state index contributed by atoms with van der Waals surface area (Å²) in [4.78, 5) is 287. The number of carboxylic acid groups (broad SMARTS) is 4. The fourth-order valence-electron chi connectivity index (χ4n) is 10.9. The largest absolute Gasteiger partial charge is 0.481 e. The molecule has 1 fully saturated rings. The predicted molar refractivity (Wildman–Crippen MR) is 384 cm³/mol. The van der Waals surface area contributed by atoms with Gasteiger partial charge in [0.15, 0.2) is 5.78 Å². The molecular weight excluding hydrogens is 1500 g/mol. The summed E-state index contributed by atoms with van der Waals surface area (Å²) in [5.74, 6) is -30.5. The molecule has 0 saturated carbocycles. The summed E-state index contributed by atoms with van der Waals surface area (Å²) in [7, 11) is 0. The molecular formula is C68H91N17O28. The lowest BCUT2D eigenvalue weighted by atomic mass is 9.96. The number of carbonyl (C=O) groups excluding carboxylic acids is 17. The number of rotatable bonds is 29. The number of ketones is 1. The van der Waals surface area contributed by atoms with Crippen molar-refractivity contribution in [3.63, 3.8) is 0 Å². The number of aliphatic hydroxyl groups is 1. The van der Waals surface area contributed by atoms with Crippen molar-refractivity contribution in [2.75, 3.05) is 32.0 Å². The molecule has 24 N–H and O–H groups in total. The number of esters is 1. The van der Waals surface area contributed by atoms with E-state index >= 15 is 0 Å². The summed E-state index contributed by atoms with van der Waals surface area (Å²) in [5, 5.41) is 80.4. The Morgan fingerprint density at radius 2 is 1.12 bits per heavy atom. The molecule has 113 heavy (non-hydrogen) atoms. The number of para-hydroxylation sites is 2. The third-order valence-corrected chi connectivity index (χ3v) is 16.5. The lowest BCUT2D eigenvalue weighted by Crippen LogP contribution is -2.62. The molecule has 3 aromatic rings. The third-order valence-electron chi connectivity index (χ3n) is 16.5. The number of aliphatic carboxylic acids is 4. The Morgan fingerprint density at radius 1 is 0.575 bits per heavy atom. The van der Waals surface area contributed by atoms with Gasteiger partial charge in [0.2, 0.25) is 82.7 Å². The third kappa shape index (κ3) is 30.9. The van der Waals surface area contributed by atoms with Gasteiger partial charge in [-0.1, -0.05) is 37.3 Å². The number of amides is 15. The molecule has 2 heterocycles. The Hall–Kier alpha value is -13.4. The van der Waals surface area contributed by atoms with Crippen LogP contribution < -0.4 is 85.9 Å². The van der Waals surface area contributed by atoms with E-state index in [0.717, 1.165) is 27.7 Å². The Morgan fingerprint density at radius 3 is 1.70 bits per heavy atom. The Labute approximate surface area is 641 Å². The van der Waals surface area contributed by atoms with Gasteiger partial charge in [0, 0.05) is 54.7 Å². The first-order valence-electron chi connectivity index (χ1n) is 34.8. The first-order chi connectivity index (χ1) is 53.1. The average Bonchev–Trinajstić information content (AvgIpc) is 1.72. The average molecular weight is 1590 g/mol. The number of nitrogen functional groups attached to an aromatic ring is 1. The van der Waals surface area contributed by atoms with E-state index in [2.05, 4.69) is 58.2 Å². The van der Waals surface area contributed by atoms with Gasteiger partial charge in [-0.3, -0.25) is 91.1 Å². The molecule has 4 rings (SSSR count). The number of Topliss-reactive ketones (excluding diaryl/α,β-unsaturated/α-hetero) is 1. The van der Waals surface area contributed by atoms with Crippen LogP contribution in [0.5, 0.6) is 0 Å². The number of aromatic amines is 1. The first-order valence-corrected chi connectivity index (χ1v) is 34.8. The molecule has 1 aliphatic heterocycles. The minimum atomic E-state index is -2.49. The van der Waals surface area contributed by atoms with Gasteiger partial charge in [-0.2, -0.15) is 0 Å². The molecule has 2 aromatic carbocycles. The van der Waals surface area contributed by atoms with Gasteiger partial charge in [-0.05, 0) is 70.2 Å². The second kappa shape index (κ2) is 44.3. The number of ether oxygens (including phenoxy) is 2. The van der Waals surface area contributed by atoms with E-state index in [1.165, 1.54) is 44.3 Å². The van der Waals surface area contributed by atoms with Crippen LogP contribution in [-0.2, 0) is 107 Å². The summed E-state index contributed by atoms with van der Waals surface area (Å²) >= 11 is 0. The number of primary amides is 1. The summed E-state index contributed by atoms with van der Waals surface area (Å²) in [6.45, 7) is 2.85. The van der Waals surface area contributed by atoms with Crippen LogP contribution in [0.4, 0.5) is 10.5 Å². The topological polar surface area (TPSA) is 714 Å². The maximum atomic E-state index is 14.8. The minimum absolute atomic E-state index is 0.208. The van der Waals surface area contributed by atoms with Crippen molar-refractivity contribution in [2.45, 2.75) is 178 Å². The molecule has 1 saturated heterocycles. The zero-order valence-corrected chi connectivity index (χ0v) is 61.8. The summed E-state index contributed by atoms with van der Waals surface area (Å²) in [6.07, 6.45) is -10.4. The van der Waals surface area contributed by atoms with Crippen LogP contribution in [0.15, 0.2) is 54.7 Å². The number of aromatic nitrogens is 1. The van der Waals surface area contributed by atoms with E-state index in [1.807, 2.05) is 21.3 Å². The monoisotopic (exact) mass is 1590 g/mol. The zero-order valence-electron chi connectivity index (χ0n) is 61.8. The standard InChI is InChI=1S/C68H91N17O28/c1-29(2)112-68(111)71-17-11-16-39-59(102)81-43(23-53(96)97)60(103)75-31(4)57(100)79-42(22-52(94)95)58(101)73-26-50(91)78-46(28-86)64(107)84-55(30(3)18-51(92)93)66(109)83-45(20-47(88)36-13-7-9-14-37(36)69)67(110)113-32(5)56(65(108)74-27-49(90)77-39)85-63(106)44(24-54(98)99)82-62(105)41(21-48(70)89)80-61(104)40(76-33(6)87)19-34-25-72-38-15-10-8-12-35(34)38/h7-10,12-15,25,29-32,39-46,55-56,72,86H,11,16-24,26-28,69H2,1-6H3,(H2,70,89)(H,71,111)(H,73,101)(H,74,108)(H,75,103)(H,76,87)(H,77,90)(H,78,91)(H,79,100)(H,80,104)(H,81,102)(H,82,105)(H,83,109)(H,84,107)(H,85,106)(H,92,93)(H,94,95)(H,96,97)(H,98,99)/t30-,31+,32+,39-,40-,41+,42-,43-,44-,45-,46+,55-,56-/m0/s1. The summed E-state index contributed by atoms with van der Waals surface area (Å²) in [6, 6.07) is -11.1. The number of H-pyrrole nitrogens is 1. The van der Waals surface area contributed by atoms with Crippen molar-refractivity contribution in [2.24, 2.45) is 11.7 Å². The van der Waals surface area contributed by atoms with Crippen molar-refractivity contribution in [1.29, 1.82) is 0 Å². The number of carbonyl (C=O) groups is 21.